The minimum Gasteiger partial charge on any atom is -0.497 e. The first-order chi connectivity index (χ1) is 7.25. The highest BCUT2D eigenvalue weighted by Crippen LogP contribution is 2.28. The van der Waals surface area contributed by atoms with E-state index in [1.54, 1.807) is 7.11 Å². The summed E-state index contributed by atoms with van der Waals surface area (Å²) in [6.45, 7) is 5.27. The minimum atomic E-state index is -1.59. The zero-order valence-electron chi connectivity index (χ0n) is 9.67. The number of fused-ring (bicyclic) bond motifs is 1. The fourth-order valence-corrected chi connectivity index (χ4v) is 5.76. The molecule has 1 aromatic carbocycles. The highest BCUT2D eigenvalue weighted by Gasteiger charge is 2.40. The van der Waals surface area contributed by atoms with Gasteiger partial charge in [0.15, 0.2) is 0 Å². The van der Waals surface area contributed by atoms with Gasteiger partial charge in [0.2, 0.25) is 8.32 Å². The number of ether oxygens (including phenoxy) is 1. The van der Waals surface area contributed by atoms with Gasteiger partial charge in [0.25, 0.3) is 0 Å². The van der Waals surface area contributed by atoms with Crippen LogP contribution in [0.3, 0.4) is 0 Å². The van der Waals surface area contributed by atoms with Crippen molar-refractivity contribution >= 4 is 13.5 Å². The molecule has 0 atom stereocenters. The Hall–Kier alpha value is -0.803. The zero-order valence-corrected chi connectivity index (χ0v) is 10.7. The van der Waals surface area contributed by atoms with Crippen LogP contribution in [0.5, 0.6) is 5.75 Å². The lowest BCUT2D eigenvalue weighted by molar-refractivity contribution is 0.312. The first kappa shape index (κ1) is 10.7. The molecule has 0 saturated heterocycles. The number of rotatable bonds is 3. The summed E-state index contributed by atoms with van der Waals surface area (Å²) >= 11 is 0. The Morgan fingerprint density at radius 1 is 1.33 bits per heavy atom. The van der Waals surface area contributed by atoms with Gasteiger partial charge in [-0.3, -0.25) is 0 Å². The predicted molar refractivity (Wildman–Crippen MR) is 64.1 cm³/mol. The quantitative estimate of drug-likeness (QED) is 0.731. The van der Waals surface area contributed by atoms with Gasteiger partial charge >= 0.3 is 0 Å². The Morgan fingerprint density at radius 3 is 2.67 bits per heavy atom. The summed E-state index contributed by atoms with van der Waals surface area (Å²) in [7, 11) is 0.118. The molecule has 1 aromatic rings. The van der Waals surface area contributed by atoms with Crippen molar-refractivity contribution in [1.29, 1.82) is 0 Å². The van der Waals surface area contributed by atoms with Gasteiger partial charge < -0.3 is 9.16 Å². The first-order valence-electron chi connectivity index (χ1n) is 5.57. The highest BCUT2D eigenvalue weighted by atomic mass is 28.4. The van der Waals surface area contributed by atoms with Gasteiger partial charge in [0, 0.05) is 0 Å². The Morgan fingerprint density at radius 2 is 2.07 bits per heavy atom. The van der Waals surface area contributed by atoms with Crippen molar-refractivity contribution in [3.05, 3.63) is 23.8 Å². The topological polar surface area (TPSA) is 18.5 Å². The molecule has 0 unspecified atom stereocenters. The summed E-state index contributed by atoms with van der Waals surface area (Å²) in [6.07, 6.45) is 0. The summed E-state index contributed by atoms with van der Waals surface area (Å²) in [4.78, 5) is 0. The molecule has 0 amide bonds. The van der Waals surface area contributed by atoms with E-state index in [4.69, 9.17) is 9.16 Å². The molecule has 0 radical (unpaired) electrons. The molecular formula is C12H18O2Si. The number of hydrogen-bond donors (Lipinski definition) is 0. The molecule has 82 valence electrons. The van der Waals surface area contributed by atoms with Crippen LogP contribution in [0.25, 0.3) is 0 Å². The van der Waals surface area contributed by atoms with E-state index in [1.165, 1.54) is 22.8 Å². The van der Waals surface area contributed by atoms with Gasteiger partial charge in [-0.25, -0.2) is 0 Å². The van der Waals surface area contributed by atoms with Gasteiger partial charge in [0.1, 0.15) is 5.75 Å². The summed E-state index contributed by atoms with van der Waals surface area (Å²) in [6, 6.07) is 8.72. The van der Waals surface area contributed by atoms with Crippen LogP contribution >= 0.6 is 0 Å². The standard InChI is InChI=1S/C12H18O2Si/c1-4-15(5-2)12-7-6-11(13-3)8-10(12)9-14-15/h6-8H,4-5,9H2,1-3H3. The number of methoxy groups -OCH3 is 1. The van der Waals surface area contributed by atoms with E-state index in [9.17, 15) is 0 Å². The van der Waals surface area contributed by atoms with Crippen molar-refractivity contribution in [2.24, 2.45) is 0 Å². The molecule has 0 saturated carbocycles. The van der Waals surface area contributed by atoms with Crippen LogP contribution in [0.15, 0.2) is 18.2 Å². The van der Waals surface area contributed by atoms with Gasteiger partial charge in [-0.1, -0.05) is 19.9 Å². The van der Waals surface area contributed by atoms with Crippen LogP contribution in [0.2, 0.25) is 12.1 Å². The molecule has 0 bridgehead atoms. The average Bonchev–Trinajstić information content (AvgIpc) is 2.67. The van der Waals surface area contributed by atoms with Crippen molar-refractivity contribution in [1.82, 2.24) is 0 Å². The molecule has 3 heteroatoms. The maximum Gasteiger partial charge on any atom is 0.224 e. The molecule has 1 heterocycles. The molecule has 1 aliphatic rings. The number of benzene rings is 1. The lowest BCUT2D eigenvalue weighted by atomic mass is 10.2. The van der Waals surface area contributed by atoms with E-state index < -0.39 is 8.32 Å². The second kappa shape index (κ2) is 3.98. The second-order valence-electron chi connectivity index (χ2n) is 4.01. The lowest BCUT2D eigenvalue weighted by Gasteiger charge is -2.23. The average molecular weight is 222 g/mol. The van der Waals surface area contributed by atoms with Crippen LogP contribution in [-0.4, -0.2) is 15.4 Å². The molecule has 15 heavy (non-hydrogen) atoms. The highest BCUT2D eigenvalue weighted by molar-refractivity contribution is 6.87. The van der Waals surface area contributed by atoms with Crippen molar-refractivity contribution in [2.75, 3.05) is 7.11 Å². The maximum atomic E-state index is 6.09. The fourth-order valence-electron chi connectivity index (χ4n) is 2.39. The molecule has 1 aliphatic heterocycles. The van der Waals surface area contributed by atoms with E-state index >= 15 is 0 Å². The summed E-state index contributed by atoms with van der Waals surface area (Å²) in [5, 5.41) is 1.48. The third-order valence-corrected chi connectivity index (χ3v) is 7.90. The van der Waals surface area contributed by atoms with Gasteiger partial charge in [-0.15, -0.1) is 0 Å². The van der Waals surface area contributed by atoms with E-state index in [0.29, 0.717) is 0 Å². The van der Waals surface area contributed by atoms with E-state index in [2.05, 4.69) is 32.0 Å². The van der Waals surface area contributed by atoms with Crippen LogP contribution in [0, 0.1) is 0 Å². The smallest absolute Gasteiger partial charge is 0.224 e. The fraction of sp³-hybridized carbons (Fsp3) is 0.500. The lowest BCUT2D eigenvalue weighted by Crippen LogP contribution is -2.45. The molecule has 0 spiro atoms. The molecule has 0 N–H and O–H groups in total. The van der Waals surface area contributed by atoms with Crippen molar-refractivity contribution in [2.45, 2.75) is 32.5 Å². The largest absolute Gasteiger partial charge is 0.497 e. The normalized spacial score (nSPS) is 17.5. The van der Waals surface area contributed by atoms with Crippen LogP contribution < -0.4 is 9.92 Å². The van der Waals surface area contributed by atoms with E-state index in [-0.39, 0.29) is 0 Å². The second-order valence-corrected chi connectivity index (χ2v) is 8.24. The summed E-state index contributed by atoms with van der Waals surface area (Å²) < 4.78 is 11.3. The third-order valence-electron chi connectivity index (χ3n) is 3.45. The molecule has 0 aliphatic carbocycles. The van der Waals surface area contributed by atoms with Crippen LogP contribution in [0.4, 0.5) is 0 Å². The van der Waals surface area contributed by atoms with Gasteiger partial charge in [0.05, 0.1) is 13.7 Å². The van der Waals surface area contributed by atoms with Crippen molar-refractivity contribution in [3.8, 4) is 5.75 Å². The first-order valence-corrected chi connectivity index (χ1v) is 7.89. The molecule has 0 fully saturated rings. The molecule has 2 nitrogen and oxygen atoms in total. The molecule has 2 rings (SSSR count). The monoisotopic (exact) mass is 222 g/mol. The molecular weight excluding hydrogens is 204 g/mol. The zero-order chi connectivity index (χ0) is 10.9. The Kier molecular flexibility index (Phi) is 2.84. The Balaban J connectivity index is 2.43. The van der Waals surface area contributed by atoms with Crippen LogP contribution in [0.1, 0.15) is 19.4 Å². The number of hydrogen-bond acceptors (Lipinski definition) is 2. The predicted octanol–water partition coefficient (Wildman–Crippen LogP) is 2.42. The van der Waals surface area contributed by atoms with Gasteiger partial charge in [-0.2, -0.15) is 0 Å². The summed E-state index contributed by atoms with van der Waals surface area (Å²) in [5.74, 6) is 0.939. The van der Waals surface area contributed by atoms with Crippen LogP contribution in [-0.2, 0) is 11.0 Å². The van der Waals surface area contributed by atoms with Gasteiger partial charge in [-0.05, 0) is 35.0 Å². The van der Waals surface area contributed by atoms with Crippen molar-refractivity contribution in [3.63, 3.8) is 0 Å². The Labute approximate surface area is 92.3 Å². The van der Waals surface area contributed by atoms with Crippen molar-refractivity contribution < 1.29 is 9.16 Å². The SMILES string of the molecule is CC[Si]1(CC)OCc2cc(OC)ccc21. The third kappa shape index (κ3) is 1.60. The maximum absolute atomic E-state index is 6.09. The summed E-state index contributed by atoms with van der Waals surface area (Å²) in [5.41, 5.74) is 1.34. The minimum absolute atomic E-state index is 0.778. The van der Waals surface area contributed by atoms with E-state index in [1.807, 2.05) is 0 Å². The Bertz CT molecular complexity index is 359. The molecule has 0 aromatic heterocycles. The van der Waals surface area contributed by atoms with E-state index in [0.717, 1.165) is 12.4 Å².